The van der Waals surface area contributed by atoms with Gasteiger partial charge in [0.2, 0.25) is 0 Å². The molecule has 2 aromatic rings. The quantitative estimate of drug-likeness (QED) is 0.790. The molecule has 2 heteroatoms. The maximum Gasteiger partial charge on any atom is 0.115 e. The van der Waals surface area contributed by atoms with Crippen molar-refractivity contribution >= 4 is 0 Å². The Labute approximate surface area is 113 Å². The lowest BCUT2D eigenvalue weighted by Crippen LogP contribution is -2.32. The third kappa shape index (κ3) is 2.28. The molecule has 19 heavy (non-hydrogen) atoms. The molecule has 0 amide bonds. The van der Waals surface area contributed by atoms with Crippen LogP contribution in [0.25, 0.3) is 0 Å². The number of benzene rings is 2. The van der Waals surface area contributed by atoms with E-state index in [0.29, 0.717) is 6.04 Å². The second-order valence-electron chi connectivity index (χ2n) is 5.21. The first kappa shape index (κ1) is 12.4. The van der Waals surface area contributed by atoms with Gasteiger partial charge in [-0.25, -0.2) is 4.39 Å². The standard InChI is InChI=1S/C17H18FN/c1-19-11-10-14-4-2-3-5-16(14)17(19)15-8-6-13(12-18)7-9-15/h2-9,17H,10-12H2,1H3. The van der Waals surface area contributed by atoms with Crippen molar-refractivity contribution in [2.75, 3.05) is 13.6 Å². The molecule has 0 saturated carbocycles. The summed E-state index contributed by atoms with van der Waals surface area (Å²) in [5.74, 6) is 0. The molecular formula is C17H18FN. The smallest absolute Gasteiger partial charge is 0.115 e. The molecule has 0 fully saturated rings. The first-order valence-corrected chi connectivity index (χ1v) is 6.72. The Bertz CT molecular complexity index is 562. The van der Waals surface area contributed by atoms with Gasteiger partial charge in [-0.2, -0.15) is 0 Å². The normalized spacial score (nSPS) is 19.2. The van der Waals surface area contributed by atoms with E-state index in [2.05, 4.69) is 48.3 Å². The highest BCUT2D eigenvalue weighted by molar-refractivity contribution is 5.40. The van der Waals surface area contributed by atoms with Crippen molar-refractivity contribution in [1.29, 1.82) is 0 Å². The van der Waals surface area contributed by atoms with Crippen LogP contribution in [0, 0.1) is 0 Å². The monoisotopic (exact) mass is 255 g/mol. The van der Waals surface area contributed by atoms with Gasteiger partial charge in [0.25, 0.3) is 0 Å². The Morgan fingerprint density at radius 3 is 2.58 bits per heavy atom. The second-order valence-corrected chi connectivity index (χ2v) is 5.21. The molecule has 2 aromatic carbocycles. The van der Waals surface area contributed by atoms with E-state index >= 15 is 0 Å². The first-order chi connectivity index (χ1) is 9.29. The molecule has 0 saturated heterocycles. The first-order valence-electron chi connectivity index (χ1n) is 6.72. The Kier molecular flexibility index (Phi) is 3.34. The van der Waals surface area contributed by atoms with E-state index in [-0.39, 0.29) is 0 Å². The van der Waals surface area contributed by atoms with Gasteiger partial charge >= 0.3 is 0 Å². The highest BCUT2D eigenvalue weighted by atomic mass is 19.1. The minimum Gasteiger partial charge on any atom is -0.295 e. The van der Waals surface area contributed by atoms with Crippen LogP contribution in [0.3, 0.4) is 0 Å². The summed E-state index contributed by atoms with van der Waals surface area (Å²) in [6, 6.07) is 16.8. The topological polar surface area (TPSA) is 3.24 Å². The third-order valence-corrected chi connectivity index (χ3v) is 3.97. The van der Waals surface area contributed by atoms with Crippen LogP contribution in [0.4, 0.5) is 4.39 Å². The zero-order chi connectivity index (χ0) is 13.2. The highest BCUT2D eigenvalue weighted by Crippen LogP contribution is 2.33. The van der Waals surface area contributed by atoms with Gasteiger partial charge in [-0.05, 0) is 35.7 Å². The van der Waals surface area contributed by atoms with Crippen molar-refractivity contribution in [1.82, 2.24) is 4.90 Å². The average Bonchev–Trinajstić information content (AvgIpc) is 2.47. The van der Waals surface area contributed by atoms with E-state index in [1.165, 1.54) is 16.7 Å². The molecule has 1 aliphatic heterocycles. The van der Waals surface area contributed by atoms with Crippen LogP contribution in [0.5, 0.6) is 0 Å². The molecule has 0 aliphatic carbocycles. The molecular weight excluding hydrogens is 237 g/mol. The van der Waals surface area contributed by atoms with Gasteiger partial charge in [-0.3, -0.25) is 4.90 Å². The van der Waals surface area contributed by atoms with Gasteiger partial charge in [0.05, 0.1) is 6.04 Å². The Morgan fingerprint density at radius 2 is 1.84 bits per heavy atom. The Hall–Kier alpha value is -1.67. The number of rotatable bonds is 2. The van der Waals surface area contributed by atoms with Gasteiger partial charge in [0.1, 0.15) is 6.67 Å². The Morgan fingerprint density at radius 1 is 1.11 bits per heavy atom. The van der Waals surface area contributed by atoms with Gasteiger partial charge in [0.15, 0.2) is 0 Å². The van der Waals surface area contributed by atoms with Crippen molar-refractivity contribution in [3.05, 3.63) is 70.8 Å². The van der Waals surface area contributed by atoms with E-state index in [1.54, 1.807) is 0 Å². The van der Waals surface area contributed by atoms with Crippen molar-refractivity contribution in [2.24, 2.45) is 0 Å². The molecule has 98 valence electrons. The molecule has 1 aliphatic rings. The zero-order valence-electron chi connectivity index (χ0n) is 11.1. The van der Waals surface area contributed by atoms with Crippen molar-refractivity contribution in [2.45, 2.75) is 19.1 Å². The summed E-state index contributed by atoms with van der Waals surface area (Å²) >= 11 is 0. The number of likely N-dealkylation sites (N-methyl/N-ethyl adjacent to an activating group) is 1. The molecule has 0 N–H and O–H groups in total. The predicted molar refractivity (Wildman–Crippen MR) is 75.9 cm³/mol. The molecule has 1 heterocycles. The summed E-state index contributed by atoms with van der Waals surface area (Å²) in [6.45, 7) is 0.671. The van der Waals surface area contributed by atoms with Crippen LogP contribution in [0.1, 0.15) is 28.3 Å². The second kappa shape index (κ2) is 5.14. The lowest BCUT2D eigenvalue weighted by molar-refractivity contribution is 0.265. The number of hydrogen-bond acceptors (Lipinski definition) is 1. The van der Waals surface area contributed by atoms with E-state index in [4.69, 9.17) is 0 Å². The van der Waals surface area contributed by atoms with Crippen LogP contribution in [0.2, 0.25) is 0 Å². The van der Waals surface area contributed by atoms with E-state index in [1.807, 2.05) is 12.1 Å². The number of halogens is 1. The van der Waals surface area contributed by atoms with Crippen molar-refractivity contribution in [3.63, 3.8) is 0 Å². The van der Waals surface area contributed by atoms with E-state index < -0.39 is 6.67 Å². The van der Waals surface area contributed by atoms with E-state index in [9.17, 15) is 4.39 Å². The number of hydrogen-bond donors (Lipinski definition) is 0. The average molecular weight is 255 g/mol. The van der Waals surface area contributed by atoms with Gasteiger partial charge < -0.3 is 0 Å². The predicted octanol–water partition coefficient (Wildman–Crippen LogP) is 3.73. The molecule has 0 aromatic heterocycles. The zero-order valence-corrected chi connectivity index (χ0v) is 11.1. The Balaban J connectivity index is 2.02. The number of nitrogens with zero attached hydrogens (tertiary/aromatic N) is 1. The van der Waals surface area contributed by atoms with Crippen LogP contribution in [-0.4, -0.2) is 18.5 Å². The fourth-order valence-electron chi connectivity index (χ4n) is 2.92. The minimum atomic E-state index is -0.391. The van der Waals surface area contributed by atoms with E-state index in [0.717, 1.165) is 18.5 Å². The molecule has 0 radical (unpaired) electrons. The number of fused-ring (bicyclic) bond motifs is 1. The lowest BCUT2D eigenvalue weighted by Gasteiger charge is -2.35. The third-order valence-electron chi connectivity index (χ3n) is 3.97. The molecule has 1 unspecified atom stereocenters. The summed E-state index contributed by atoms with van der Waals surface area (Å²) in [4.78, 5) is 2.37. The van der Waals surface area contributed by atoms with Gasteiger partial charge in [-0.1, -0.05) is 48.5 Å². The van der Waals surface area contributed by atoms with Gasteiger partial charge in [-0.15, -0.1) is 0 Å². The molecule has 0 spiro atoms. The molecule has 1 atom stereocenters. The van der Waals surface area contributed by atoms with Crippen LogP contribution >= 0.6 is 0 Å². The summed E-state index contributed by atoms with van der Waals surface area (Å²) in [7, 11) is 2.16. The highest BCUT2D eigenvalue weighted by Gasteiger charge is 2.25. The number of alkyl halides is 1. The fourth-order valence-corrected chi connectivity index (χ4v) is 2.92. The molecule has 0 bridgehead atoms. The van der Waals surface area contributed by atoms with Crippen LogP contribution < -0.4 is 0 Å². The largest absolute Gasteiger partial charge is 0.295 e. The van der Waals surface area contributed by atoms with Crippen molar-refractivity contribution < 1.29 is 4.39 Å². The van der Waals surface area contributed by atoms with Gasteiger partial charge in [0, 0.05) is 6.54 Å². The van der Waals surface area contributed by atoms with Crippen LogP contribution in [0.15, 0.2) is 48.5 Å². The molecule has 1 nitrogen and oxygen atoms in total. The molecule has 3 rings (SSSR count). The maximum absolute atomic E-state index is 12.6. The summed E-state index contributed by atoms with van der Waals surface area (Å²) in [6.07, 6.45) is 1.10. The summed E-state index contributed by atoms with van der Waals surface area (Å²) in [5, 5.41) is 0. The minimum absolute atomic E-state index is 0.290. The van der Waals surface area contributed by atoms with Crippen molar-refractivity contribution in [3.8, 4) is 0 Å². The lowest BCUT2D eigenvalue weighted by atomic mass is 9.88. The van der Waals surface area contributed by atoms with Crippen LogP contribution in [-0.2, 0) is 13.1 Å². The summed E-state index contributed by atoms with van der Waals surface area (Å²) < 4.78 is 12.6. The SMILES string of the molecule is CN1CCc2ccccc2C1c1ccc(CF)cc1. The summed E-state index contributed by atoms with van der Waals surface area (Å²) in [5.41, 5.74) is 4.80. The fraction of sp³-hybridized carbons (Fsp3) is 0.294. The maximum atomic E-state index is 12.6.